The van der Waals surface area contributed by atoms with Crippen LogP contribution in [0.5, 0.6) is 0 Å². The summed E-state index contributed by atoms with van der Waals surface area (Å²) >= 11 is 3.42. The van der Waals surface area contributed by atoms with Crippen LogP contribution in [0.2, 0.25) is 0 Å². The lowest BCUT2D eigenvalue weighted by atomic mass is 10.1. The molecule has 0 spiro atoms. The van der Waals surface area contributed by atoms with E-state index in [-0.39, 0.29) is 0 Å². The molecule has 76 valence electrons. The fraction of sp³-hybridized carbons (Fsp3) is 0.667. The summed E-state index contributed by atoms with van der Waals surface area (Å²) in [7, 11) is 0. The van der Waals surface area contributed by atoms with E-state index in [0.29, 0.717) is 0 Å². The summed E-state index contributed by atoms with van der Waals surface area (Å²) in [6.07, 6.45) is 9.43. The molecule has 0 aromatic rings. The first-order valence-electron chi connectivity index (χ1n) is 5.08. The normalized spacial score (nSPS) is 13.5. The molecule has 0 bridgehead atoms. The predicted molar refractivity (Wildman–Crippen MR) is 65.5 cm³/mol. The molecule has 0 N–H and O–H groups in total. The molecule has 0 nitrogen and oxygen atoms in total. The highest BCUT2D eigenvalue weighted by Gasteiger charge is 1.89. The molecular formula is C12H21Br. The van der Waals surface area contributed by atoms with E-state index in [2.05, 4.69) is 48.9 Å². The summed E-state index contributed by atoms with van der Waals surface area (Å²) in [5.74, 6) is 0. The smallest absolute Gasteiger partial charge is 0.00660 e. The molecule has 0 aromatic heterocycles. The Kier molecular flexibility index (Phi) is 8.53. The van der Waals surface area contributed by atoms with Crippen molar-refractivity contribution in [2.24, 2.45) is 0 Å². The highest BCUT2D eigenvalue weighted by Crippen LogP contribution is 2.09. The molecule has 0 aliphatic heterocycles. The second-order valence-electron chi connectivity index (χ2n) is 3.47. The van der Waals surface area contributed by atoms with Gasteiger partial charge in [-0.05, 0) is 39.5 Å². The van der Waals surface area contributed by atoms with Crippen molar-refractivity contribution in [2.45, 2.75) is 46.5 Å². The predicted octanol–water partition coefficient (Wildman–Crippen LogP) is 4.85. The maximum atomic E-state index is 3.42. The van der Waals surface area contributed by atoms with E-state index in [1.807, 2.05) is 0 Å². The lowest BCUT2D eigenvalue weighted by Gasteiger charge is -1.99. The van der Waals surface area contributed by atoms with Crippen molar-refractivity contribution < 1.29 is 0 Å². The second-order valence-corrected chi connectivity index (χ2v) is 4.26. The van der Waals surface area contributed by atoms with Gasteiger partial charge >= 0.3 is 0 Å². The molecule has 0 aromatic carbocycles. The average molecular weight is 245 g/mol. The van der Waals surface area contributed by atoms with Crippen LogP contribution in [0.15, 0.2) is 23.3 Å². The Labute approximate surface area is 91.2 Å². The van der Waals surface area contributed by atoms with Gasteiger partial charge in [-0.1, -0.05) is 46.2 Å². The molecule has 0 saturated heterocycles. The molecule has 0 fully saturated rings. The van der Waals surface area contributed by atoms with Crippen LogP contribution in [0.1, 0.15) is 46.5 Å². The van der Waals surface area contributed by atoms with Crippen molar-refractivity contribution in [3.8, 4) is 0 Å². The molecule has 1 heteroatoms. The Morgan fingerprint density at radius 3 is 2.23 bits per heavy atom. The SMILES string of the molecule is CC/C(C)=C/CC/C(C)=C/CCBr. The van der Waals surface area contributed by atoms with Crippen LogP contribution in [0, 0.1) is 0 Å². The van der Waals surface area contributed by atoms with Gasteiger partial charge in [0, 0.05) is 5.33 Å². The van der Waals surface area contributed by atoms with Gasteiger partial charge in [-0.3, -0.25) is 0 Å². The van der Waals surface area contributed by atoms with E-state index in [0.717, 1.165) is 11.8 Å². The summed E-state index contributed by atoms with van der Waals surface area (Å²) in [5, 5.41) is 1.08. The van der Waals surface area contributed by atoms with Crippen LogP contribution in [-0.2, 0) is 0 Å². The summed E-state index contributed by atoms with van der Waals surface area (Å²) in [4.78, 5) is 0. The maximum absolute atomic E-state index is 3.42. The Bertz CT molecular complexity index is 178. The summed E-state index contributed by atoms with van der Waals surface area (Å²) < 4.78 is 0. The molecule has 0 radical (unpaired) electrons. The first-order valence-corrected chi connectivity index (χ1v) is 6.20. The van der Waals surface area contributed by atoms with Gasteiger partial charge in [0.15, 0.2) is 0 Å². The van der Waals surface area contributed by atoms with Crippen LogP contribution in [0.3, 0.4) is 0 Å². The van der Waals surface area contributed by atoms with Gasteiger partial charge in [0.25, 0.3) is 0 Å². The van der Waals surface area contributed by atoms with E-state index >= 15 is 0 Å². The highest BCUT2D eigenvalue weighted by molar-refractivity contribution is 9.09. The molecular weight excluding hydrogens is 224 g/mol. The van der Waals surface area contributed by atoms with Gasteiger partial charge in [0.05, 0.1) is 0 Å². The third kappa shape index (κ3) is 8.29. The van der Waals surface area contributed by atoms with E-state index < -0.39 is 0 Å². The van der Waals surface area contributed by atoms with E-state index in [1.54, 1.807) is 0 Å². The summed E-state index contributed by atoms with van der Waals surface area (Å²) in [6.45, 7) is 6.63. The van der Waals surface area contributed by atoms with Gasteiger partial charge in [-0.25, -0.2) is 0 Å². The molecule has 0 unspecified atom stereocenters. The molecule has 0 saturated carbocycles. The molecule has 0 aliphatic carbocycles. The number of rotatable bonds is 6. The van der Waals surface area contributed by atoms with Gasteiger partial charge in [-0.2, -0.15) is 0 Å². The number of alkyl halides is 1. The number of halogens is 1. The first-order chi connectivity index (χ1) is 6.20. The van der Waals surface area contributed by atoms with Crippen LogP contribution in [-0.4, -0.2) is 5.33 Å². The van der Waals surface area contributed by atoms with Crippen molar-refractivity contribution in [1.29, 1.82) is 0 Å². The van der Waals surface area contributed by atoms with Gasteiger partial charge < -0.3 is 0 Å². The third-order valence-corrected chi connectivity index (χ3v) is 2.65. The monoisotopic (exact) mass is 244 g/mol. The molecule has 0 heterocycles. The number of allylic oxidation sites excluding steroid dienone is 4. The van der Waals surface area contributed by atoms with Crippen molar-refractivity contribution in [3.63, 3.8) is 0 Å². The van der Waals surface area contributed by atoms with E-state index in [9.17, 15) is 0 Å². The number of hydrogen-bond donors (Lipinski definition) is 0. The fourth-order valence-corrected chi connectivity index (χ4v) is 1.32. The van der Waals surface area contributed by atoms with E-state index in [4.69, 9.17) is 0 Å². The quantitative estimate of drug-likeness (QED) is 0.463. The zero-order valence-corrected chi connectivity index (χ0v) is 10.7. The Morgan fingerprint density at radius 2 is 1.69 bits per heavy atom. The minimum atomic E-state index is 1.08. The van der Waals surface area contributed by atoms with Crippen molar-refractivity contribution >= 4 is 15.9 Å². The van der Waals surface area contributed by atoms with Gasteiger partial charge in [-0.15, -0.1) is 0 Å². The van der Waals surface area contributed by atoms with Crippen LogP contribution in [0.25, 0.3) is 0 Å². The summed E-state index contributed by atoms with van der Waals surface area (Å²) in [5.41, 5.74) is 3.02. The Balaban J connectivity index is 3.63. The third-order valence-electron chi connectivity index (χ3n) is 2.19. The van der Waals surface area contributed by atoms with Gasteiger partial charge in [0.1, 0.15) is 0 Å². The average Bonchev–Trinajstić information content (AvgIpc) is 2.14. The maximum Gasteiger partial charge on any atom is 0.00660 e. The molecule has 0 atom stereocenters. The molecule has 0 aliphatic rings. The second kappa shape index (κ2) is 8.55. The van der Waals surface area contributed by atoms with Crippen molar-refractivity contribution in [2.75, 3.05) is 5.33 Å². The first kappa shape index (κ1) is 13.0. The fourth-order valence-electron chi connectivity index (χ4n) is 1.09. The summed E-state index contributed by atoms with van der Waals surface area (Å²) in [6, 6.07) is 0. The minimum absolute atomic E-state index is 1.08. The van der Waals surface area contributed by atoms with E-state index in [1.165, 1.54) is 30.4 Å². The molecule has 13 heavy (non-hydrogen) atoms. The topological polar surface area (TPSA) is 0 Å². The Morgan fingerprint density at radius 1 is 1.08 bits per heavy atom. The lowest BCUT2D eigenvalue weighted by molar-refractivity contribution is 0.940. The zero-order valence-electron chi connectivity index (χ0n) is 9.07. The lowest BCUT2D eigenvalue weighted by Crippen LogP contribution is -1.79. The minimum Gasteiger partial charge on any atom is -0.0925 e. The van der Waals surface area contributed by atoms with Crippen LogP contribution >= 0.6 is 15.9 Å². The zero-order chi connectivity index (χ0) is 10.1. The molecule has 0 rings (SSSR count). The highest BCUT2D eigenvalue weighted by atomic mass is 79.9. The van der Waals surface area contributed by atoms with Crippen molar-refractivity contribution in [1.82, 2.24) is 0 Å². The van der Waals surface area contributed by atoms with Gasteiger partial charge in [0.2, 0.25) is 0 Å². The molecule has 0 amide bonds. The Hall–Kier alpha value is -0.0400. The standard InChI is InChI=1S/C12H21Br/c1-4-11(2)7-5-8-12(3)9-6-10-13/h7,9H,4-6,8,10H2,1-3H3/b11-7+,12-9+. The largest absolute Gasteiger partial charge is 0.0925 e. The van der Waals surface area contributed by atoms with Crippen LogP contribution in [0.4, 0.5) is 0 Å². The van der Waals surface area contributed by atoms with Crippen LogP contribution < -0.4 is 0 Å². The van der Waals surface area contributed by atoms with Crippen molar-refractivity contribution in [3.05, 3.63) is 23.3 Å². The number of hydrogen-bond acceptors (Lipinski definition) is 0.